The van der Waals surface area contributed by atoms with Crippen molar-refractivity contribution in [2.75, 3.05) is 0 Å². The number of rotatable bonds is 5. The predicted molar refractivity (Wildman–Crippen MR) is 88.4 cm³/mol. The average molecular weight is 409 g/mol. The molecule has 154 valence electrons. The molecule has 0 bridgehead atoms. The molecule has 0 aliphatic rings. The first kappa shape index (κ1) is 23.0. The summed E-state index contributed by atoms with van der Waals surface area (Å²) in [5.74, 6) is -3.43. The second kappa shape index (κ2) is 8.80. The number of allylic oxidation sites excluding steroid dienone is 2. The first-order chi connectivity index (χ1) is 13.0. The lowest BCUT2D eigenvalue weighted by molar-refractivity contribution is -0.145. The highest BCUT2D eigenvalue weighted by atomic mass is 19.4. The molecule has 2 aromatic rings. The molecule has 0 saturated carbocycles. The zero-order valence-corrected chi connectivity index (χ0v) is 15.0. The summed E-state index contributed by atoms with van der Waals surface area (Å²) in [6.45, 7) is 8.79. The van der Waals surface area contributed by atoms with E-state index in [1.807, 2.05) is 13.8 Å². The van der Waals surface area contributed by atoms with Gasteiger partial charge < -0.3 is 0 Å². The van der Waals surface area contributed by atoms with E-state index in [1.54, 1.807) is 5.10 Å². The van der Waals surface area contributed by atoms with Gasteiger partial charge >= 0.3 is 12.4 Å². The lowest BCUT2D eigenvalue weighted by atomic mass is 10.0. The highest BCUT2D eigenvalue weighted by Crippen LogP contribution is 2.30. The minimum Gasteiger partial charge on any atom is -0.271 e. The number of H-pyrrole nitrogens is 2. The quantitative estimate of drug-likeness (QED) is 0.442. The second-order valence-corrected chi connectivity index (χ2v) is 5.05. The number of halogens is 6. The van der Waals surface area contributed by atoms with E-state index >= 15 is 0 Å². The SMILES string of the molecule is C=CC=CC(C)(N=Cc1n[nH]c(C(F)(F)F)n1)c1nc(C(F)(F)F)n[nH]1.CC. The van der Waals surface area contributed by atoms with Crippen molar-refractivity contribution in [1.29, 1.82) is 0 Å². The molecule has 1 unspecified atom stereocenters. The van der Waals surface area contributed by atoms with Crippen LogP contribution in [-0.4, -0.2) is 36.6 Å². The maximum atomic E-state index is 12.7. The third-order valence-electron chi connectivity index (χ3n) is 2.99. The van der Waals surface area contributed by atoms with Crippen molar-refractivity contribution in [3.63, 3.8) is 0 Å². The van der Waals surface area contributed by atoms with Crippen LogP contribution in [0.15, 0.2) is 29.8 Å². The zero-order chi connectivity index (χ0) is 21.6. The third kappa shape index (κ3) is 5.76. The molecule has 28 heavy (non-hydrogen) atoms. The predicted octanol–water partition coefficient (Wildman–Crippen LogP) is 4.06. The minimum atomic E-state index is -4.77. The molecule has 2 N–H and O–H groups in total. The summed E-state index contributed by atoms with van der Waals surface area (Å²) in [4.78, 5) is 10.5. The molecule has 1 atom stereocenters. The molecule has 2 aromatic heterocycles. The Hall–Kier alpha value is -2.99. The Kier molecular flexibility index (Phi) is 7.24. The van der Waals surface area contributed by atoms with Gasteiger partial charge in [0.2, 0.25) is 5.82 Å². The van der Waals surface area contributed by atoms with E-state index in [9.17, 15) is 26.3 Å². The second-order valence-electron chi connectivity index (χ2n) is 5.05. The Bertz CT molecular complexity index is 831. The standard InChI is InChI=1S/C13H11F6N7.C2H6/c1-3-4-5-11(2,8-22-10(26-24-8)13(17,18)19)20-6-7-21-9(25-23-7)12(14,15)16;1-2/h3-6H,1H2,2H3,(H,21,23,25)(H,22,24,26);1-2H3. The van der Waals surface area contributed by atoms with Gasteiger partial charge in [0.25, 0.3) is 5.82 Å². The average Bonchev–Trinajstić information content (AvgIpc) is 3.28. The van der Waals surface area contributed by atoms with E-state index in [0.717, 1.165) is 6.21 Å². The first-order valence-corrected chi connectivity index (χ1v) is 7.81. The van der Waals surface area contributed by atoms with Gasteiger partial charge in [0.05, 0.1) is 6.21 Å². The van der Waals surface area contributed by atoms with E-state index in [4.69, 9.17) is 0 Å². The Morgan fingerprint density at radius 2 is 1.54 bits per heavy atom. The van der Waals surface area contributed by atoms with Crippen molar-refractivity contribution < 1.29 is 26.3 Å². The number of aromatic nitrogens is 6. The van der Waals surface area contributed by atoms with Crippen LogP contribution in [-0.2, 0) is 17.9 Å². The first-order valence-electron chi connectivity index (χ1n) is 7.81. The summed E-state index contributed by atoms with van der Waals surface area (Å²) < 4.78 is 75.4. The third-order valence-corrected chi connectivity index (χ3v) is 2.99. The molecule has 0 aliphatic heterocycles. The van der Waals surface area contributed by atoms with Gasteiger partial charge in [-0.05, 0) is 13.0 Å². The van der Waals surface area contributed by atoms with Crippen molar-refractivity contribution in [3.05, 3.63) is 48.1 Å². The van der Waals surface area contributed by atoms with Crippen LogP contribution < -0.4 is 0 Å². The van der Waals surface area contributed by atoms with Crippen molar-refractivity contribution in [2.45, 2.75) is 38.7 Å². The zero-order valence-electron chi connectivity index (χ0n) is 15.0. The fraction of sp³-hybridized carbons (Fsp3) is 0.400. The fourth-order valence-corrected chi connectivity index (χ4v) is 1.70. The highest BCUT2D eigenvalue weighted by molar-refractivity contribution is 5.74. The maximum Gasteiger partial charge on any atom is 0.453 e. The van der Waals surface area contributed by atoms with Crippen molar-refractivity contribution >= 4 is 6.21 Å². The van der Waals surface area contributed by atoms with Crippen LogP contribution in [0.5, 0.6) is 0 Å². The summed E-state index contributed by atoms with van der Waals surface area (Å²) in [5, 5.41) is 10.2. The van der Waals surface area contributed by atoms with Crippen LogP contribution in [0.3, 0.4) is 0 Å². The number of hydrogen-bond acceptors (Lipinski definition) is 5. The Morgan fingerprint density at radius 1 is 0.929 bits per heavy atom. The van der Waals surface area contributed by atoms with Gasteiger partial charge in [0, 0.05) is 0 Å². The monoisotopic (exact) mass is 409 g/mol. The van der Waals surface area contributed by atoms with Crippen LogP contribution in [0.1, 0.15) is 44.1 Å². The highest BCUT2D eigenvalue weighted by Gasteiger charge is 2.38. The molecule has 0 amide bonds. The van der Waals surface area contributed by atoms with E-state index in [0.29, 0.717) is 0 Å². The van der Waals surface area contributed by atoms with Crippen molar-refractivity contribution in [3.8, 4) is 0 Å². The molecule has 0 aromatic carbocycles. The molecule has 0 saturated heterocycles. The summed E-state index contributed by atoms with van der Waals surface area (Å²) >= 11 is 0. The maximum absolute atomic E-state index is 12.7. The summed E-state index contributed by atoms with van der Waals surface area (Å²) in [6.07, 6.45) is -4.58. The lowest BCUT2D eigenvalue weighted by Gasteiger charge is -2.17. The molecular formula is C15H17F6N7. The topological polar surface area (TPSA) is 95.5 Å². The van der Waals surface area contributed by atoms with E-state index in [1.165, 1.54) is 25.2 Å². The Balaban J connectivity index is 0.00000190. The van der Waals surface area contributed by atoms with Crippen LogP contribution in [0.25, 0.3) is 0 Å². The molecule has 0 radical (unpaired) electrons. The molecule has 0 fully saturated rings. The summed E-state index contributed by atoms with van der Waals surface area (Å²) in [6, 6.07) is 0. The van der Waals surface area contributed by atoms with Gasteiger partial charge in [0.15, 0.2) is 11.6 Å². The van der Waals surface area contributed by atoms with Gasteiger partial charge in [0.1, 0.15) is 5.54 Å². The van der Waals surface area contributed by atoms with Crippen LogP contribution in [0, 0.1) is 0 Å². The van der Waals surface area contributed by atoms with Crippen LogP contribution in [0.2, 0.25) is 0 Å². The smallest absolute Gasteiger partial charge is 0.271 e. The molecule has 0 spiro atoms. The molecule has 2 heterocycles. The summed E-state index contributed by atoms with van der Waals surface area (Å²) in [7, 11) is 0. The van der Waals surface area contributed by atoms with Crippen LogP contribution in [0.4, 0.5) is 26.3 Å². The Morgan fingerprint density at radius 3 is 2.00 bits per heavy atom. The summed E-state index contributed by atoms with van der Waals surface area (Å²) in [5.41, 5.74) is -1.51. The number of alkyl halides is 6. The fourth-order valence-electron chi connectivity index (χ4n) is 1.70. The van der Waals surface area contributed by atoms with Crippen LogP contribution >= 0.6 is 0 Å². The molecular weight excluding hydrogens is 392 g/mol. The number of nitrogens with one attached hydrogen (secondary N) is 2. The minimum absolute atomic E-state index is 0.286. The lowest BCUT2D eigenvalue weighted by Crippen LogP contribution is -2.19. The van der Waals surface area contributed by atoms with Crippen molar-refractivity contribution in [2.24, 2.45) is 4.99 Å². The number of hydrogen-bond donors (Lipinski definition) is 2. The molecule has 13 heteroatoms. The number of aliphatic imine (C=N–C) groups is 1. The van der Waals surface area contributed by atoms with Gasteiger partial charge in [-0.1, -0.05) is 32.6 Å². The molecule has 0 aliphatic carbocycles. The number of aromatic amines is 2. The molecule has 7 nitrogen and oxygen atoms in total. The van der Waals surface area contributed by atoms with Gasteiger partial charge in [-0.25, -0.2) is 9.97 Å². The van der Waals surface area contributed by atoms with Crippen molar-refractivity contribution in [1.82, 2.24) is 30.4 Å². The number of nitrogens with zero attached hydrogens (tertiary/aromatic N) is 5. The van der Waals surface area contributed by atoms with E-state index in [2.05, 4.69) is 36.8 Å². The normalized spacial score (nSPS) is 14.8. The largest absolute Gasteiger partial charge is 0.453 e. The van der Waals surface area contributed by atoms with Gasteiger partial charge in [-0.3, -0.25) is 15.2 Å². The van der Waals surface area contributed by atoms with E-state index in [-0.39, 0.29) is 5.82 Å². The van der Waals surface area contributed by atoms with Gasteiger partial charge in [-0.2, -0.15) is 31.4 Å². The van der Waals surface area contributed by atoms with E-state index < -0.39 is 35.4 Å². The van der Waals surface area contributed by atoms with Gasteiger partial charge in [-0.15, -0.1) is 5.10 Å². The molecule has 2 rings (SSSR count). The Labute approximate surface area is 155 Å².